The minimum absolute atomic E-state index is 0. The zero-order chi connectivity index (χ0) is 22.1. The van der Waals surface area contributed by atoms with Crippen LogP contribution in [0.25, 0.3) is 0 Å². The van der Waals surface area contributed by atoms with E-state index in [0.717, 1.165) is 9.70 Å². The fourth-order valence-corrected chi connectivity index (χ4v) is 3.57. The van der Waals surface area contributed by atoms with Crippen LogP contribution >= 0.6 is 0 Å². The monoisotopic (exact) mass is 468 g/mol. The molecule has 164 valence electrons. The van der Waals surface area contributed by atoms with Gasteiger partial charge >= 0.3 is 35.6 Å². The summed E-state index contributed by atoms with van der Waals surface area (Å²) in [5.41, 5.74) is 5.01. The van der Waals surface area contributed by atoms with E-state index in [1.807, 2.05) is 0 Å². The number of carbonyl (C=O) groups is 4. The Morgan fingerprint density at radius 1 is 1.29 bits per heavy atom. The number of hydrogen-bond acceptors (Lipinski definition) is 11. The van der Waals surface area contributed by atoms with Crippen LogP contribution < -0.4 is 40.6 Å². The molecule has 2 aliphatic rings. The Bertz CT molecular complexity index is 984. The first kappa shape index (κ1) is 25.1. The molecule has 2 fully saturated rings. The Kier molecular flexibility index (Phi) is 8.06. The average Bonchev–Trinajstić information content (AvgIpc) is 3.16. The number of primary amides is 1. The Labute approximate surface area is 197 Å². The maximum atomic E-state index is 12.4. The van der Waals surface area contributed by atoms with Crippen molar-refractivity contribution in [2.75, 3.05) is 13.1 Å². The Morgan fingerprint density at radius 3 is 2.65 bits per heavy atom. The molecule has 0 saturated carbocycles. The van der Waals surface area contributed by atoms with Crippen LogP contribution in [0.5, 0.6) is 0 Å². The number of hydrogen-bond donors (Lipinski definition) is 2. The van der Waals surface area contributed by atoms with Crippen LogP contribution in [0.2, 0.25) is 0 Å². The number of nitrogens with one attached hydrogen (secondary N) is 1. The van der Waals surface area contributed by atoms with Gasteiger partial charge in [-0.2, -0.15) is 14.1 Å². The standard InChI is InChI=1S/C13H18N8O8S.Na/c14-10(23)3-11-16-18-20(17-11)6-8(22)4-15-12(24)9-2-1-7-5-19(9)13(25)21(7)29-30(26,27)28;/h7,9H,1-6H2,(H2,14,23)(H,15,24)(H,26,27,28);/q;+1/p-1/t7-,9+;/m1./s1. The van der Waals surface area contributed by atoms with Gasteiger partial charge < -0.3 is 20.5 Å². The molecule has 3 rings (SSSR count). The summed E-state index contributed by atoms with van der Waals surface area (Å²) in [4.78, 5) is 49.5. The normalized spacial score (nSPS) is 20.4. The van der Waals surface area contributed by atoms with Gasteiger partial charge in [0.2, 0.25) is 22.2 Å². The van der Waals surface area contributed by atoms with E-state index in [1.54, 1.807) is 0 Å². The maximum Gasteiger partial charge on any atom is 1.00 e. The van der Waals surface area contributed by atoms with Gasteiger partial charge in [0.1, 0.15) is 12.6 Å². The van der Waals surface area contributed by atoms with Gasteiger partial charge in [-0.25, -0.2) is 13.2 Å². The molecule has 0 radical (unpaired) electrons. The number of tetrazole rings is 1. The third-order valence-corrected chi connectivity index (χ3v) is 4.74. The third kappa shape index (κ3) is 6.40. The molecule has 2 atom stereocenters. The molecule has 16 nitrogen and oxygen atoms in total. The number of fused-ring (bicyclic) bond motifs is 2. The van der Waals surface area contributed by atoms with Crippen molar-refractivity contribution in [2.45, 2.75) is 37.9 Å². The number of amides is 4. The average molecular weight is 468 g/mol. The summed E-state index contributed by atoms with van der Waals surface area (Å²) in [5.74, 6) is -1.70. The van der Waals surface area contributed by atoms with Gasteiger partial charge in [-0.05, 0) is 18.1 Å². The summed E-state index contributed by atoms with van der Waals surface area (Å²) >= 11 is 0. The van der Waals surface area contributed by atoms with Gasteiger partial charge in [-0.1, -0.05) is 0 Å². The predicted molar refractivity (Wildman–Crippen MR) is 90.3 cm³/mol. The Balaban J connectivity index is 0.00000341. The zero-order valence-corrected chi connectivity index (χ0v) is 19.1. The van der Waals surface area contributed by atoms with E-state index in [-0.39, 0.29) is 74.3 Å². The SMILES string of the molecule is NC(=O)Cc1nnn(CC(=O)CNC(=O)[C@@H]2CC[C@@H]3CN2C(=O)N3OS(=O)(=O)[O-])n1.[Na+]. The molecule has 3 N–H and O–H groups in total. The number of nitrogens with two attached hydrogens (primary N) is 1. The predicted octanol–water partition coefficient (Wildman–Crippen LogP) is -6.95. The first-order chi connectivity index (χ1) is 14.0. The van der Waals surface area contributed by atoms with Crippen molar-refractivity contribution < 1.29 is 66.0 Å². The van der Waals surface area contributed by atoms with Crippen molar-refractivity contribution in [1.82, 2.24) is 35.5 Å². The van der Waals surface area contributed by atoms with Crippen molar-refractivity contribution in [3.63, 3.8) is 0 Å². The van der Waals surface area contributed by atoms with Crippen molar-refractivity contribution in [1.29, 1.82) is 0 Å². The first-order valence-electron chi connectivity index (χ1n) is 8.63. The zero-order valence-electron chi connectivity index (χ0n) is 16.3. The number of nitrogens with zero attached hydrogens (tertiary/aromatic N) is 6. The van der Waals surface area contributed by atoms with E-state index in [1.165, 1.54) is 0 Å². The summed E-state index contributed by atoms with van der Waals surface area (Å²) < 4.78 is 36.5. The molecule has 18 heteroatoms. The number of aromatic nitrogens is 4. The summed E-state index contributed by atoms with van der Waals surface area (Å²) in [6.07, 6.45) is 0.192. The second-order valence-electron chi connectivity index (χ2n) is 6.63. The molecule has 0 aliphatic carbocycles. The topological polar surface area (TPSA) is 223 Å². The van der Waals surface area contributed by atoms with Gasteiger partial charge in [0.25, 0.3) is 0 Å². The van der Waals surface area contributed by atoms with Gasteiger partial charge in [0, 0.05) is 6.54 Å². The molecule has 0 unspecified atom stereocenters. The fraction of sp³-hybridized carbons (Fsp3) is 0.615. The molecule has 31 heavy (non-hydrogen) atoms. The number of urea groups is 1. The molecular weight excluding hydrogens is 451 g/mol. The number of carbonyl (C=O) groups excluding carboxylic acids is 4. The Morgan fingerprint density at radius 2 is 2.00 bits per heavy atom. The molecule has 0 aromatic carbocycles. The van der Waals surface area contributed by atoms with E-state index >= 15 is 0 Å². The fourth-order valence-electron chi connectivity index (χ4n) is 3.19. The molecule has 3 heterocycles. The maximum absolute atomic E-state index is 12.4. The second kappa shape index (κ2) is 9.96. The summed E-state index contributed by atoms with van der Waals surface area (Å²) in [7, 11) is -5.13. The van der Waals surface area contributed by atoms with E-state index in [9.17, 15) is 32.1 Å². The van der Waals surface area contributed by atoms with Crippen LogP contribution in [-0.2, 0) is 42.0 Å². The smallest absolute Gasteiger partial charge is 0.724 e. The molecule has 4 amide bonds. The number of piperidine rings is 1. The molecule has 2 saturated heterocycles. The molecule has 0 spiro atoms. The molecule has 1 aromatic heterocycles. The van der Waals surface area contributed by atoms with Gasteiger partial charge in [-0.3, -0.25) is 14.4 Å². The minimum Gasteiger partial charge on any atom is -0.724 e. The van der Waals surface area contributed by atoms with Crippen LogP contribution in [0.4, 0.5) is 4.79 Å². The molecular formula is C13H17N8NaO8S. The summed E-state index contributed by atoms with van der Waals surface area (Å²) in [6.45, 7) is -0.695. The van der Waals surface area contributed by atoms with E-state index < -0.39 is 46.1 Å². The quantitative estimate of drug-likeness (QED) is 0.197. The second-order valence-corrected chi connectivity index (χ2v) is 7.59. The number of Topliss-reactive ketones (excluding diaryl/α,β-unsaturated/α-hetero) is 1. The van der Waals surface area contributed by atoms with Crippen molar-refractivity contribution in [3.8, 4) is 0 Å². The van der Waals surface area contributed by atoms with Gasteiger partial charge in [-0.15, -0.1) is 10.2 Å². The molecule has 2 bridgehead atoms. The van der Waals surface area contributed by atoms with Crippen molar-refractivity contribution >= 4 is 34.0 Å². The van der Waals surface area contributed by atoms with Crippen LogP contribution in [0.15, 0.2) is 0 Å². The third-order valence-electron chi connectivity index (χ3n) is 4.40. The number of rotatable bonds is 9. The number of hydroxylamine groups is 2. The summed E-state index contributed by atoms with van der Waals surface area (Å²) in [5, 5.41) is 13.8. The Hall–Kier alpha value is -2.18. The molecule has 2 aliphatic heterocycles. The van der Waals surface area contributed by atoms with Crippen molar-refractivity contribution in [2.24, 2.45) is 5.73 Å². The van der Waals surface area contributed by atoms with Crippen molar-refractivity contribution in [3.05, 3.63) is 5.82 Å². The largest absolute Gasteiger partial charge is 1.00 e. The van der Waals surface area contributed by atoms with Crippen LogP contribution in [0.3, 0.4) is 0 Å². The van der Waals surface area contributed by atoms with Crippen LogP contribution in [-0.4, -0.2) is 91.9 Å². The van der Waals surface area contributed by atoms with Gasteiger partial charge in [0.15, 0.2) is 11.6 Å². The van der Waals surface area contributed by atoms with Gasteiger partial charge in [0.05, 0.1) is 19.0 Å². The van der Waals surface area contributed by atoms with Crippen LogP contribution in [0, 0.1) is 0 Å². The summed E-state index contributed by atoms with van der Waals surface area (Å²) in [6, 6.07) is -2.53. The minimum atomic E-state index is -5.13. The number of ketones is 1. The first-order valence-corrected chi connectivity index (χ1v) is 9.96. The van der Waals surface area contributed by atoms with E-state index in [0.29, 0.717) is 5.06 Å². The van der Waals surface area contributed by atoms with E-state index in [4.69, 9.17) is 5.73 Å². The van der Waals surface area contributed by atoms with Crippen LogP contribution in [0.1, 0.15) is 18.7 Å². The van der Waals surface area contributed by atoms with E-state index in [2.05, 4.69) is 25.0 Å². The molecule has 1 aromatic rings.